The first kappa shape index (κ1) is 13.1. The van der Waals surface area contributed by atoms with Gasteiger partial charge in [0, 0.05) is 6.04 Å². The molecule has 2 aliphatic rings. The standard InChI is InChI=1S/C17H25NO/c1-2-7-15(8-3-1)14-19-18-16-9-6-12-17(13-16)10-4-5-11-17/h1-3,7-8,16,18H,4-6,9-14H2. The van der Waals surface area contributed by atoms with Gasteiger partial charge in [0.25, 0.3) is 0 Å². The number of hydrogen-bond acceptors (Lipinski definition) is 2. The lowest BCUT2D eigenvalue weighted by molar-refractivity contribution is -0.0212. The molecule has 0 amide bonds. The first-order valence-electron chi connectivity index (χ1n) is 7.78. The minimum Gasteiger partial charge on any atom is -0.297 e. The van der Waals surface area contributed by atoms with Crippen LogP contribution < -0.4 is 5.48 Å². The molecule has 0 aromatic heterocycles. The third-order valence-electron chi connectivity index (χ3n) is 4.93. The predicted molar refractivity (Wildman–Crippen MR) is 77.5 cm³/mol. The van der Waals surface area contributed by atoms with E-state index in [4.69, 9.17) is 4.84 Å². The summed E-state index contributed by atoms with van der Waals surface area (Å²) in [6, 6.07) is 11.0. The average Bonchev–Trinajstić information content (AvgIpc) is 2.88. The van der Waals surface area contributed by atoms with E-state index in [0.29, 0.717) is 18.1 Å². The molecule has 0 bridgehead atoms. The Morgan fingerprint density at radius 1 is 1.05 bits per heavy atom. The highest BCUT2D eigenvalue weighted by atomic mass is 16.6. The highest BCUT2D eigenvalue weighted by molar-refractivity contribution is 5.13. The van der Waals surface area contributed by atoms with E-state index in [-0.39, 0.29) is 0 Å². The summed E-state index contributed by atoms with van der Waals surface area (Å²) in [5.74, 6) is 0. The molecule has 2 fully saturated rings. The monoisotopic (exact) mass is 259 g/mol. The highest BCUT2D eigenvalue weighted by Gasteiger charge is 2.38. The fourth-order valence-electron chi connectivity index (χ4n) is 3.95. The molecular formula is C17H25NO. The van der Waals surface area contributed by atoms with Crippen molar-refractivity contribution in [3.63, 3.8) is 0 Å². The number of nitrogens with one attached hydrogen (secondary N) is 1. The van der Waals surface area contributed by atoms with Gasteiger partial charge < -0.3 is 0 Å². The van der Waals surface area contributed by atoms with Crippen molar-refractivity contribution < 1.29 is 4.84 Å². The fraction of sp³-hybridized carbons (Fsp3) is 0.647. The lowest BCUT2D eigenvalue weighted by Gasteiger charge is -2.38. The second-order valence-corrected chi connectivity index (χ2v) is 6.39. The van der Waals surface area contributed by atoms with E-state index in [1.807, 2.05) is 6.07 Å². The summed E-state index contributed by atoms with van der Waals surface area (Å²) in [6.07, 6.45) is 11.2. The predicted octanol–water partition coefficient (Wildman–Crippen LogP) is 4.21. The van der Waals surface area contributed by atoms with Crippen molar-refractivity contribution in [3.8, 4) is 0 Å². The molecule has 2 nitrogen and oxygen atoms in total. The van der Waals surface area contributed by atoms with Crippen molar-refractivity contribution in [1.82, 2.24) is 5.48 Å². The molecule has 2 heteroatoms. The zero-order valence-corrected chi connectivity index (χ0v) is 11.7. The quantitative estimate of drug-likeness (QED) is 0.818. The Kier molecular flexibility index (Phi) is 4.19. The van der Waals surface area contributed by atoms with Crippen molar-refractivity contribution in [2.24, 2.45) is 5.41 Å². The van der Waals surface area contributed by atoms with Crippen LogP contribution in [0.25, 0.3) is 0 Å². The Morgan fingerprint density at radius 3 is 2.58 bits per heavy atom. The molecule has 1 N–H and O–H groups in total. The van der Waals surface area contributed by atoms with E-state index in [1.54, 1.807) is 0 Å². The molecule has 0 aliphatic heterocycles. The summed E-state index contributed by atoms with van der Waals surface area (Å²) in [4.78, 5) is 5.71. The Bertz CT molecular complexity index is 384. The van der Waals surface area contributed by atoms with Crippen LogP contribution in [0.3, 0.4) is 0 Å². The van der Waals surface area contributed by atoms with Gasteiger partial charge in [0.2, 0.25) is 0 Å². The molecule has 1 aromatic rings. The molecule has 2 aliphatic carbocycles. The van der Waals surface area contributed by atoms with Gasteiger partial charge in [-0.1, -0.05) is 49.6 Å². The molecule has 1 unspecified atom stereocenters. The van der Waals surface area contributed by atoms with Crippen LogP contribution in [0.5, 0.6) is 0 Å². The van der Waals surface area contributed by atoms with Crippen LogP contribution in [0.4, 0.5) is 0 Å². The lowest BCUT2D eigenvalue weighted by Crippen LogP contribution is -2.38. The summed E-state index contributed by atoms with van der Waals surface area (Å²) < 4.78 is 0. The normalized spacial score (nSPS) is 25.8. The van der Waals surface area contributed by atoms with Crippen LogP contribution in [0.2, 0.25) is 0 Å². The third-order valence-corrected chi connectivity index (χ3v) is 4.93. The van der Waals surface area contributed by atoms with Crippen LogP contribution >= 0.6 is 0 Å². The summed E-state index contributed by atoms with van der Waals surface area (Å²) in [5, 5.41) is 0. The van der Waals surface area contributed by atoms with E-state index in [0.717, 1.165) is 0 Å². The first-order chi connectivity index (χ1) is 9.36. The van der Waals surface area contributed by atoms with Crippen LogP contribution in [-0.4, -0.2) is 6.04 Å². The van der Waals surface area contributed by atoms with Gasteiger partial charge >= 0.3 is 0 Å². The van der Waals surface area contributed by atoms with Crippen molar-refractivity contribution in [3.05, 3.63) is 35.9 Å². The van der Waals surface area contributed by atoms with E-state index in [2.05, 4.69) is 29.7 Å². The van der Waals surface area contributed by atoms with Crippen molar-refractivity contribution in [1.29, 1.82) is 0 Å². The number of hydroxylamine groups is 1. The van der Waals surface area contributed by atoms with Gasteiger partial charge in [-0.15, -0.1) is 0 Å². The molecule has 1 aromatic carbocycles. The smallest absolute Gasteiger partial charge is 0.0933 e. The summed E-state index contributed by atoms with van der Waals surface area (Å²) in [5.41, 5.74) is 5.22. The van der Waals surface area contributed by atoms with Gasteiger partial charge in [0.1, 0.15) is 0 Å². The van der Waals surface area contributed by atoms with Gasteiger partial charge in [-0.2, -0.15) is 5.48 Å². The van der Waals surface area contributed by atoms with Gasteiger partial charge in [-0.3, -0.25) is 4.84 Å². The first-order valence-corrected chi connectivity index (χ1v) is 7.78. The van der Waals surface area contributed by atoms with E-state index >= 15 is 0 Å². The van der Waals surface area contributed by atoms with Gasteiger partial charge in [0.15, 0.2) is 0 Å². The maximum absolute atomic E-state index is 5.71. The van der Waals surface area contributed by atoms with Crippen LogP contribution in [-0.2, 0) is 11.4 Å². The van der Waals surface area contributed by atoms with E-state index in [1.165, 1.54) is 56.9 Å². The second kappa shape index (κ2) is 6.06. The number of benzene rings is 1. The zero-order chi connectivity index (χ0) is 13.0. The number of rotatable bonds is 4. The molecule has 0 heterocycles. The molecule has 1 atom stereocenters. The molecule has 19 heavy (non-hydrogen) atoms. The van der Waals surface area contributed by atoms with Crippen LogP contribution in [0.1, 0.15) is 56.9 Å². The third kappa shape index (κ3) is 3.37. The summed E-state index contributed by atoms with van der Waals surface area (Å²) in [7, 11) is 0. The largest absolute Gasteiger partial charge is 0.297 e. The molecule has 3 rings (SSSR count). The maximum atomic E-state index is 5.71. The Morgan fingerprint density at radius 2 is 1.79 bits per heavy atom. The second-order valence-electron chi connectivity index (χ2n) is 6.39. The molecule has 2 saturated carbocycles. The lowest BCUT2D eigenvalue weighted by atomic mass is 9.71. The summed E-state index contributed by atoms with van der Waals surface area (Å²) in [6.45, 7) is 0.671. The zero-order valence-electron chi connectivity index (χ0n) is 11.7. The minimum absolute atomic E-state index is 0.565. The summed E-state index contributed by atoms with van der Waals surface area (Å²) >= 11 is 0. The Labute approximate surface area is 116 Å². The van der Waals surface area contributed by atoms with Gasteiger partial charge in [-0.25, -0.2) is 0 Å². The molecule has 0 saturated heterocycles. The molecular weight excluding hydrogens is 234 g/mol. The average molecular weight is 259 g/mol. The van der Waals surface area contributed by atoms with Gasteiger partial charge in [0.05, 0.1) is 6.61 Å². The number of hydrogen-bond donors (Lipinski definition) is 1. The van der Waals surface area contributed by atoms with Gasteiger partial charge in [-0.05, 0) is 43.1 Å². The fourth-order valence-corrected chi connectivity index (χ4v) is 3.95. The maximum Gasteiger partial charge on any atom is 0.0933 e. The topological polar surface area (TPSA) is 21.3 Å². The molecule has 0 radical (unpaired) electrons. The minimum atomic E-state index is 0.565. The van der Waals surface area contributed by atoms with E-state index in [9.17, 15) is 0 Å². The van der Waals surface area contributed by atoms with Crippen molar-refractivity contribution >= 4 is 0 Å². The Balaban J connectivity index is 1.45. The van der Waals surface area contributed by atoms with Crippen LogP contribution in [0.15, 0.2) is 30.3 Å². The van der Waals surface area contributed by atoms with Crippen molar-refractivity contribution in [2.75, 3.05) is 0 Å². The highest BCUT2D eigenvalue weighted by Crippen LogP contribution is 2.48. The van der Waals surface area contributed by atoms with Crippen LogP contribution in [0, 0.1) is 5.41 Å². The molecule has 104 valence electrons. The van der Waals surface area contributed by atoms with Crippen molar-refractivity contribution in [2.45, 2.75) is 64.0 Å². The SMILES string of the molecule is c1ccc(CONC2CCCC3(CCCC3)C2)cc1. The van der Waals surface area contributed by atoms with E-state index < -0.39 is 0 Å². The molecule has 1 spiro atoms. The Hall–Kier alpha value is -0.860.